The third kappa shape index (κ3) is 4.22. The van der Waals surface area contributed by atoms with Crippen LogP contribution in [-0.2, 0) is 13.1 Å². The maximum absolute atomic E-state index is 12.9. The molecule has 0 spiro atoms. The molecular formula is C16H17ClFNO. The molecule has 1 N–H and O–H groups in total. The Hall–Kier alpha value is -1.58. The van der Waals surface area contributed by atoms with Crippen LogP contribution in [0.15, 0.2) is 42.5 Å². The van der Waals surface area contributed by atoms with Crippen molar-refractivity contribution < 1.29 is 9.13 Å². The van der Waals surface area contributed by atoms with Gasteiger partial charge in [-0.05, 0) is 42.3 Å². The van der Waals surface area contributed by atoms with Gasteiger partial charge in [0.25, 0.3) is 0 Å². The summed E-state index contributed by atoms with van der Waals surface area (Å²) in [4.78, 5) is 0. The number of benzene rings is 2. The Bertz CT molecular complexity index is 574. The minimum Gasteiger partial charge on any atom is -0.494 e. The predicted molar refractivity (Wildman–Crippen MR) is 79.6 cm³/mol. The average molecular weight is 294 g/mol. The SMILES string of the molecule is CCOc1cccc(CNCc2ccc(F)cc2Cl)c1. The van der Waals surface area contributed by atoms with E-state index in [2.05, 4.69) is 5.32 Å². The van der Waals surface area contributed by atoms with Crippen molar-refractivity contribution in [2.45, 2.75) is 20.0 Å². The Morgan fingerprint density at radius 2 is 2.00 bits per heavy atom. The molecule has 0 saturated carbocycles. The van der Waals surface area contributed by atoms with Crippen LogP contribution in [0.3, 0.4) is 0 Å². The quantitative estimate of drug-likeness (QED) is 0.863. The monoisotopic (exact) mass is 293 g/mol. The van der Waals surface area contributed by atoms with Crippen LogP contribution < -0.4 is 10.1 Å². The first-order chi connectivity index (χ1) is 9.69. The number of hydrogen-bond acceptors (Lipinski definition) is 2. The van der Waals surface area contributed by atoms with E-state index in [4.69, 9.17) is 16.3 Å². The molecule has 0 unspecified atom stereocenters. The van der Waals surface area contributed by atoms with Gasteiger partial charge in [0.1, 0.15) is 11.6 Å². The maximum atomic E-state index is 12.9. The van der Waals surface area contributed by atoms with E-state index in [1.807, 2.05) is 31.2 Å². The third-order valence-electron chi connectivity index (χ3n) is 2.87. The van der Waals surface area contributed by atoms with Crippen LogP contribution in [0.2, 0.25) is 5.02 Å². The zero-order valence-corrected chi connectivity index (χ0v) is 12.1. The molecule has 2 aromatic rings. The molecule has 0 aliphatic carbocycles. The molecule has 0 bridgehead atoms. The smallest absolute Gasteiger partial charge is 0.124 e. The van der Waals surface area contributed by atoms with Crippen molar-refractivity contribution in [3.63, 3.8) is 0 Å². The molecule has 0 aromatic heterocycles. The molecule has 0 heterocycles. The molecule has 0 aliphatic rings. The molecule has 2 nitrogen and oxygen atoms in total. The summed E-state index contributed by atoms with van der Waals surface area (Å²) in [5, 5.41) is 3.73. The summed E-state index contributed by atoms with van der Waals surface area (Å²) in [5.74, 6) is 0.551. The van der Waals surface area contributed by atoms with Crippen LogP contribution in [0.25, 0.3) is 0 Å². The van der Waals surface area contributed by atoms with Crippen LogP contribution in [0, 0.1) is 5.82 Å². The van der Waals surface area contributed by atoms with Gasteiger partial charge in [0.05, 0.1) is 6.61 Å². The van der Waals surface area contributed by atoms with Crippen molar-refractivity contribution in [3.05, 3.63) is 64.4 Å². The number of nitrogens with one attached hydrogen (secondary N) is 1. The highest BCUT2D eigenvalue weighted by Crippen LogP contribution is 2.17. The standard InChI is InChI=1S/C16H17ClFNO/c1-2-20-15-5-3-4-12(8-15)10-19-11-13-6-7-14(18)9-16(13)17/h3-9,19H,2,10-11H2,1H3. The largest absolute Gasteiger partial charge is 0.494 e. The van der Waals surface area contributed by atoms with E-state index in [9.17, 15) is 4.39 Å². The summed E-state index contributed by atoms with van der Waals surface area (Å²) in [7, 11) is 0. The summed E-state index contributed by atoms with van der Waals surface area (Å²) in [6.45, 7) is 3.91. The van der Waals surface area contributed by atoms with Crippen molar-refractivity contribution in [3.8, 4) is 5.75 Å². The fraction of sp³-hybridized carbons (Fsp3) is 0.250. The van der Waals surface area contributed by atoms with Crippen LogP contribution in [0.4, 0.5) is 4.39 Å². The molecule has 0 fully saturated rings. The number of hydrogen-bond donors (Lipinski definition) is 1. The lowest BCUT2D eigenvalue weighted by atomic mass is 10.2. The summed E-state index contributed by atoms with van der Waals surface area (Å²) < 4.78 is 18.4. The summed E-state index contributed by atoms with van der Waals surface area (Å²) >= 11 is 5.98. The highest BCUT2D eigenvalue weighted by molar-refractivity contribution is 6.31. The summed E-state index contributed by atoms with van der Waals surface area (Å²) in [6, 6.07) is 12.4. The highest BCUT2D eigenvalue weighted by Gasteiger charge is 2.02. The van der Waals surface area contributed by atoms with Gasteiger partial charge in [-0.1, -0.05) is 29.8 Å². The molecule has 0 radical (unpaired) electrons. The molecule has 0 aliphatic heterocycles. The minimum absolute atomic E-state index is 0.317. The zero-order valence-electron chi connectivity index (χ0n) is 11.3. The fourth-order valence-corrected chi connectivity index (χ4v) is 2.15. The van der Waals surface area contributed by atoms with Crippen LogP contribution in [0.1, 0.15) is 18.1 Å². The van der Waals surface area contributed by atoms with Crippen LogP contribution in [-0.4, -0.2) is 6.61 Å². The maximum Gasteiger partial charge on any atom is 0.124 e. The van der Waals surface area contributed by atoms with Crippen molar-refractivity contribution >= 4 is 11.6 Å². The van der Waals surface area contributed by atoms with Crippen molar-refractivity contribution in [1.82, 2.24) is 5.32 Å². The van der Waals surface area contributed by atoms with Crippen molar-refractivity contribution in [2.24, 2.45) is 0 Å². The first-order valence-electron chi connectivity index (χ1n) is 6.55. The minimum atomic E-state index is -0.317. The van der Waals surface area contributed by atoms with E-state index in [0.29, 0.717) is 24.7 Å². The lowest BCUT2D eigenvalue weighted by Gasteiger charge is -2.09. The van der Waals surface area contributed by atoms with Crippen molar-refractivity contribution in [2.75, 3.05) is 6.61 Å². The van der Waals surface area contributed by atoms with E-state index in [1.54, 1.807) is 6.07 Å². The Balaban J connectivity index is 1.90. The number of ether oxygens (including phenoxy) is 1. The van der Waals surface area contributed by atoms with Crippen LogP contribution in [0.5, 0.6) is 5.75 Å². The van der Waals surface area contributed by atoms with Gasteiger partial charge in [-0.2, -0.15) is 0 Å². The Kier molecular flexibility index (Phi) is 5.39. The molecule has 20 heavy (non-hydrogen) atoms. The van der Waals surface area contributed by atoms with Gasteiger partial charge in [0.2, 0.25) is 0 Å². The van der Waals surface area contributed by atoms with E-state index in [0.717, 1.165) is 16.9 Å². The molecule has 0 atom stereocenters. The first kappa shape index (κ1) is 14.8. The second-order valence-corrected chi connectivity index (χ2v) is 4.83. The van der Waals surface area contributed by atoms with E-state index in [1.165, 1.54) is 12.1 Å². The Labute approximate surface area is 123 Å². The summed E-state index contributed by atoms with van der Waals surface area (Å²) in [5.41, 5.74) is 2.02. The van der Waals surface area contributed by atoms with Gasteiger partial charge in [-0.3, -0.25) is 0 Å². The second kappa shape index (κ2) is 7.27. The average Bonchev–Trinajstić information content (AvgIpc) is 2.42. The topological polar surface area (TPSA) is 21.3 Å². The van der Waals surface area contributed by atoms with E-state index in [-0.39, 0.29) is 5.82 Å². The predicted octanol–water partition coefficient (Wildman–Crippen LogP) is 4.17. The van der Waals surface area contributed by atoms with Crippen molar-refractivity contribution in [1.29, 1.82) is 0 Å². The normalized spacial score (nSPS) is 10.6. The van der Waals surface area contributed by atoms with Gasteiger partial charge in [-0.25, -0.2) is 4.39 Å². The lowest BCUT2D eigenvalue weighted by Crippen LogP contribution is -2.13. The lowest BCUT2D eigenvalue weighted by molar-refractivity contribution is 0.340. The first-order valence-corrected chi connectivity index (χ1v) is 6.93. The number of rotatable bonds is 6. The summed E-state index contributed by atoms with van der Waals surface area (Å²) in [6.07, 6.45) is 0. The fourth-order valence-electron chi connectivity index (χ4n) is 1.92. The van der Waals surface area contributed by atoms with E-state index < -0.39 is 0 Å². The van der Waals surface area contributed by atoms with Gasteiger partial charge < -0.3 is 10.1 Å². The Morgan fingerprint density at radius 1 is 1.15 bits per heavy atom. The molecule has 4 heteroatoms. The molecule has 2 aromatic carbocycles. The molecule has 0 saturated heterocycles. The number of halogens is 2. The van der Waals surface area contributed by atoms with Gasteiger partial charge >= 0.3 is 0 Å². The zero-order chi connectivity index (χ0) is 14.4. The van der Waals surface area contributed by atoms with Gasteiger partial charge in [0, 0.05) is 18.1 Å². The van der Waals surface area contributed by atoms with E-state index >= 15 is 0 Å². The van der Waals surface area contributed by atoms with Gasteiger partial charge in [-0.15, -0.1) is 0 Å². The molecule has 2 rings (SSSR count). The molecule has 0 amide bonds. The molecular weight excluding hydrogens is 277 g/mol. The highest BCUT2D eigenvalue weighted by atomic mass is 35.5. The van der Waals surface area contributed by atoms with Crippen LogP contribution >= 0.6 is 11.6 Å². The van der Waals surface area contributed by atoms with Gasteiger partial charge in [0.15, 0.2) is 0 Å². The Morgan fingerprint density at radius 3 is 2.75 bits per heavy atom. The molecule has 106 valence electrons. The third-order valence-corrected chi connectivity index (χ3v) is 3.22. The second-order valence-electron chi connectivity index (χ2n) is 4.42.